The van der Waals surface area contributed by atoms with Crippen molar-refractivity contribution in [3.05, 3.63) is 168 Å². The number of rotatable bonds is 1. The highest BCUT2D eigenvalue weighted by molar-refractivity contribution is 14.1. The van der Waals surface area contributed by atoms with Gasteiger partial charge in [-0.15, -0.1) is 0 Å². The number of fused-ring (bicyclic) bond motifs is 6. The van der Waals surface area contributed by atoms with E-state index in [9.17, 15) is 5.26 Å². The summed E-state index contributed by atoms with van der Waals surface area (Å²) in [6.45, 7) is 0. The number of hydrogen-bond acceptors (Lipinski definition) is 2. The maximum atomic E-state index is 9.23. The summed E-state index contributed by atoms with van der Waals surface area (Å²) in [5.41, 5.74) is 10.4. The Morgan fingerprint density at radius 1 is 0.578 bits per heavy atom. The van der Waals surface area contributed by atoms with E-state index >= 15 is 0 Å². The zero-order chi connectivity index (χ0) is 31.3. The smallest absolute Gasteiger partial charge is 0.0992 e. The Morgan fingerprint density at radius 2 is 1.04 bits per heavy atom. The van der Waals surface area contributed by atoms with Crippen LogP contribution in [0.25, 0.3) is 38.6 Å². The molecule has 0 N–H and O–H groups in total. The average Bonchev–Trinajstić information content (AvgIpc) is 3.60. The lowest BCUT2D eigenvalue weighted by atomic mass is 10.1. The van der Waals surface area contributed by atoms with Crippen LogP contribution in [0, 0.1) is 26.2 Å². The van der Waals surface area contributed by atoms with Crippen molar-refractivity contribution in [1.29, 1.82) is 10.5 Å². The number of hydrogen-bond donors (Lipinski definition) is 0. The molecule has 7 aromatic rings. The molecule has 0 saturated heterocycles. The third-order valence-corrected chi connectivity index (χ3v) is 9.09. The molecule has 0 aliphatic heterocycles. The summed E-state index contributed by atoms with van der Waals surface area (Å²) in [6, 6.07) is 49.7. The number of nitriles is 2. The first-order valence-corrected chi connectivity index (χ1v) is 16.8. The van der Waals surface area contributed by atoms with Crippen LogP contribution >= 0.6 is 54.5 Å². The monoisotopic (exact) mass is 822 g/mol. The standard InChI is InChI=1S/C19H11BrN2.C13H10.C7H3BrIN.H2/c20-14-9-13(12-21)10-15(11-14)22-18-7-3-1-5-16(18)17-6-2-4-8-19(17)22;1-3-7-12-10(5-1)9-11-6-2-4-8-13(11)12;8-6-1-5(4-10)2-7(9)3-6;/h1-11H;1-8H,9H2;1-3H;1H/i;;;1+1. The third-order valence-electron chi connectivity index (χ3n) is 7.55. The average molecular weight is 824 g/mol. The molecule has 6 aromatic carbocycles. The molecule has 45 heavy (non-hydrogen) atoms. The Kier molecular flexibility index (Phi) is 9.47. The van der Waals surface area contributed by atoms with Crippen LogP contribution in [0.1, 0.15) is 23.7 Å². The normalized spacial score (nSPS) is 10.9. The Hall–Kier alpha value is -4.21. The minimum absolute atomic E-state index is 0. The molecule has 6 heteroatoms. The first-order chi connectivity index (χ1) is 21.9. The highest BCUT2D eigenvalue weighted by Gasteiger charge is 2.16. The molecule has 1 aliphatic carbocycles. The lowest BCUT2D eigenvalue weighted by molar-refractivity contribution is 1.17. The molecule has 0 radical (unpaired) electrons. The van der Waals surface area contributed by atoms with Crippen molar-refractivity contribution in [3.63, 3.8) is 0 Å². The van der Waals surface area contributed by atoms with E-state index in [1.54, 1.807) is 6.07 Å². The fraction of sp³-hybridized carbons (Fsp3) is 0.0256. The van der Waals surface area contributed by atoms with Crippen molar-refractivity contribution in [1.82, 2.24) is 4.57 Å². The fourth-order valence-electron chi connectivity index (χ4n) is 5.67. The highest BCUT2D eigenvalue weighted by Crippen LogP contribution is 2.36. The second kappa shape index (κ2) is 13.8. The van der Waals surface area contributed by atoms with Gasteiger partial charge in [-0.1, -0.05) is 117 Å². The van der Waals surface area contributed by atoms with Gasteiger partial charge in [-0.3, -0.25) is 0 Å². The van der Waals surface area contributed by atoms with Gasteiger partial charge in [0.05, 0.1) is 34.3 Å². The van der Waals surface area contributed by atoms with Crippen LogP contribution in [-0.2, 0) is 6.42 Å². The number of halogens is 3. The molecule has 1 aliphatic rings. The van der Waals surface area contributed by atoms with E-state index in [1.165, 1.54) is 33.0 Å². The number of nitrogens with zero attached hydrogens (tertiary/aromatic N) is 3. The molecular weight excluding hydrogens is 797 g/mol. The summed E-state index contributed by atoms with van der Waals surface area (Å²) in [5.74, 6) is 0. The van der Waals surface area contributed by atoms with Gasteiger partial charge in [-0.25, -0.2) is 0 Å². The Balaban J connectivity index is 0.000000148. The molecule has 0 fully saturated rings. The van der Waals surface area contributed by atoms with E-state index in [4.69, 9.17) is 5.26 Å². The molecule has 3 nitrogen and oxygen atoms in total. The quantitative estimate of drug-likeness (QED) is 0.155. The summed E-state index contributed by atoms with van der Waals surface area (Å²) in [5, 5.41) is 20.2. The lowest BCUT2D eigenvalue weighted by Gasteiger charge is -2.09. The second-order valence-corrected chi connectivity index (χ2v) is 13.5. The fourth-order valence-corrected chi connectivity index (χ4v) is 7.74. The molecule has 1 aromatic heterocycles. The predicted octanol–water partition coefficient (Wildman–Crippen LogP) is 11.8. The molecule has 0 amide bonds. The maximum Gasteiger partial charge on any atom is 0.0992 e. The first kappa shape index (κ1) is 30.8. The molecular formula is C39H26Br2IN3. The summed E-state index contributed by atoms with van der Waals surface area (Å²) < 4.78 is 5.14. The van der Waals surface area contributed by atoms with Crippen molar-refractivity contribution < 1.29 is 1.43 Å². The Labute approximate surface area is 294 Å². The number of benzene rings is 6. The first-order valence-electron chi connectivity index (χ1n) is 14.2. The molecule has 0 bridgehead atoms. The van der Waals surface area contributed by atoms with Crippen LogP contribution in [0.5, 0.6) is 0 Å². The number of aromatic nitrogens is 1. The summed E-state index contributed by atoms with van der Waals surface area (Å²) in [7, 11) is 0. The molecule has 218 valence electrons. The van der Waals surface area contributed by atoms with Gasteiger partial charge in [0.25, 0.3) is 0 Å². The van der Waals surface area contributed by atoms with Crippen LogP contribution in [0.2, 0.25) is 0 Å². The van der Waals surface area contributed by atoms with Gasteiger partial charge in [0.1, 0.15) is 0 Å². The van der Waals surface area contributed by atoms with Gasteiger partial charge in [0.2, 0.25) is 0 Å². The second-order valence-electron chi connectivity index (χ2n) is 10.4. The predicted molar refractivity (Wildman–Crippen MR) is 202 cm³/mol. The third kappa shape index (κ3) is 6.74. The zero-order valence-corrected chi connectivity index (χ0v) is 29.2. The van der Waals surface area contributed by atoms with Gasteiger partial charge < -0.3 is 4.57 Å². The Bertz CT molecular complexity index is 2160. The van der Waals surface area contributed by atoms with Crippen molar-refractivity contribution in [2.45, 2.75) is 6.42 Å². The zero-order valence-electron chi connectivity index (χ0n) is 23.9. The van der Waals surface area contributed by atoms with Crippen molar-refractivity contribution >= 4 is 76.3 Å². The van der Waals surface area contributed by atoms with Crippen molar-refractivity contribution in [2.75, 3.05) is 0 Å². The summed E-state index contributed by atoms with van der Waals surface area (Å²) in [6.07, 6.45) is 1.10. The van der Waals surface area contributed by atoms with Crippen LogP contribution in [0.4, 0.5) is 0 Å². The molecule has 0 saturated carbocycles. The van der Waals surface area contributed by atoms with E-state index in [0.29, 0.717) is 11.1 Å². The van der Waals surface area contributed by atoms with E-state index in [-0.39, 0.29) is 1.43 Å². The Morgan fingerprint density at radius 3 is 1.58 bits per heavy atom. The highest BCUT2D eigenvalue weighted by atomic mass is 127. The molecule has 8 rings (SSSR count). The van der Waals surface area contributed by atoms with Gasteiger partial charge in [0, 0.05) is 30.4 Å². The maximum absolute atomic E-state index is 9.23. The molecule has 0 unspecified atom stereocenters. The van der Waals surface area contributed by atoms with Crippen LogP contribution in [-0.4, -0.2) is 4.57 Å². The van der Waals surface area contributed by atoms with Gasteiger partial charge in [-0.2, -0.15) is 10.5 Å². The van der Waals surface area contributed by atoms with E-state index in [1.807, 2.05) is 42.5 Å². The summed E-state index contributed by atoms with van der Waals surface area (Å²) in [4.78, 5) is 0. The van der Waals surface area contributed by atoms with Crippen molar-refractivity contribution in [3.8, 4) is 29.0 Å². The minimum atomic E-state index is 0. The van der Waals surface area contributed by atoms with Gasteiger partial charge in [-0.05, 0) is 99.8 Å². The van der Waals surface area contributed by atoms with E-state index in [2.05, 4.69) is 156 Å². The van der Waals surface area contributed by atoms with Gasteiger partial charge in [0.15, 0.2) is 0 Å². The van der Waals surface area contributed by atoms with Crippen LogP contribution in [0.15, 0.2) is 142 Å². The van der Waals surface area contributed by atoms with Gasteiger partial charge >= 0.3 is 0 Å². The minimum Gasteiger partial charge on any atom is -0.309 e. The van der Waals surface area contributed by atoms with E-state index in [0.717, 1.165) is 35.7 Å². The van der Waals surface area contributed by atoms with Crippen LogP contribution in [0.3, 0.4) is 0 Å². The SMILES string of the molecule is N#Cc1cc(Br)cc(-n2c3ccccc3c3ccccc32)c1.N#Cc1cc(Br)cc(I)c1.[2HH].c1ccc2c(c1)Cc1ccccc1-2. The topological polar surface area (TPSA) is 52.5 Å². The molecule has 0 atom stereocenters. The molecule has 1 heterocycles. The molecule has 0 spiro atoms. The lowest BCUT2D eigenvalue weighted by Crippen LogP contribution is -1.94. The number of para-hydroxylation sites is 2. The van der Waals surface area contributed by atoms with E-state index < -0.39 is 0 Å². The largest absolute Gasteiger partial charge is 0.309 e. The van der Waals surface area contributed by atoms with Crippen molar-refractivity contribution in [2.24, 2.45) is 0 Å². The summed E-state index contributed by atoms with van der Waals surface area (Å²) >= 11 is 8.97. The van der Waals surface area contributed by atoms with Crippen LogP contribution < -0.4 is 0 Å².